The van der Waals surface area contributed by atoms with E-state index in [1.165, 1.54) is 0 Å². The zero-order chi connectivity index (χ0) is 15.2. The van der Waals surface area contributed by atoms with Crippen LogP contribution in [0, 0.1) is 0 Å². The zero-order valence-corrected chi connectivity index (χ0v) is 13.7. The summed E-state index contributed by atoms with van der Waals surface area (Å²) in [4.78, 5) is 12.5. The number of halogens is 1. The lowest BCUT2D eigenvalue weighted by Gasteiger charge is -2.18. The fourth-order valence-corrected chi connectivity index (χ4v) is 2.56. The van der Waals surface area contributed by atoms with Crippen LogP contribution in [0.4, 0.5) is 0 Å². The van der Waals surface area contributed by atoms with Gasteiger partial charge in [-0.15, -0.1) is 0 Å². The molecule has 21 heavy (non-hydrogen) atoms. The molecule has 2 aromatic carbocycles. The van der Waals surface area contributed by atoms with Gasteiger partial charge in [-0.25, -0.2) is 0 Å². The van der Waals surface area contributed by atoms with Gasteiger partial charge in [-0.2, -0.15) is 0 Å². The fourth-order valence-electron chi connectivity index (χ4n) is 2.20. The van der Waals surface area contributed by atoms with Crippen LogP contribution in [0.15, 0.2) is 53.0 Å². The minimum absolute atomic E-state index is 0.0117. The Kier molecular flexibility index (Phi) is 5.39. The van der Waals surface area contributed by atoms with Crippen molar-refractivity contribution in [2.45, 2.75) is 19.4 Å². The van der Waals surface area contributed by atoms with Gasteiger partial charge in [-0.3, -0.25) is 4.79 Å². The summed E-state index contributed by atoms with van der Waals surface area (Å²) in [6, 6.07) is 15.4. The third-order valence-electron chi connectivity index (χ3n) is 3.32. The number of ether oxygens (including phenoxy) is 1. The molecule has 2 aromatic rings. The first kappa shape index (κ1) is 15.6. The number of carbonyl (C=O) groups excluding carboxylic acids is 1. The lowest BCUT2D eigenvalue weighted by atomic mass is 10.0. The summed E-state index contributed by atoms with van der Waals surface area (Å²) in [6.07, 6.45) is 0.825. The van der Waals surface area contributed by atoms with Crippen molar-refractivity contribution in [2.75, 3.05) is 7.11 Å². The quantitative estimate of drug-likeness (QED) is 0.873. The van der Waals surface area contributed by atoms with E-state index < -0.39 is 0 Å². The highest BCUT2D eigenvalue weighted by molar-refractivity contribution is 9.10. The molecule has 0 saturated heterocycles. The van der Waals surface area contributed by atoms with Crippen molar-refractivity contribution in [1.29, 1.82) is 0 Å². The summed E-state index contributed by atoms with van der Waals surface area (Å²) in [5, 5.41) is 3.06. The molecule has 0 fully saturated rings. The molecule has 1 amide bonds. The van der Waals surface area contributed by atoms with Crippen LogP contribution < -0.4 is 10.1 Å². The van der Waals surface area contributed by atoms with Crippen LogP contribution in [-0.4, -0.2) is 13.0 Å². The topological polar surface area (TPSA) is 38.3 Å². The number of benzene rings is 2. The molecule has 0 saturated carbocycles. The number of nitrogens with one attached hydrogen (secondary N) is 1. The van der Waals surface area contributed by atoms with Crippen molar-refractivity contribution in [2.24, 2.45) is 0 Å². The van der Waals surface area contributed by atoms with Gasteiger partial charge < -0.3 is 10.1 Å². The average molecular weight is 348 g/mol. The van der Waals surface area contributed by atoms with Crippen molar-refractivity contribution in [1.82, 2.24) is 5.32 Å². The maximum absolute atomic E-state index is 12.5. The Morgan fingerprint density at radius 3 is 2.57 bits per heavy atom. The second kappa shape index (κ2) is 7.27. The molecule has 1 atom stereocenters. The molecule has 3 nitrogen and oxygen atoms in total. The van der Waals surface area contributed by atoms with Crippen LogP contribution in [0.2, 0.25) is 0 Å². The SMILES string of the molecule is CCC(NC(=O)c1cc(Br)ccc1OC)c1ccccc1. The Morgan fingerprint density at radius 1 is 1.24 bits per heavy atom. The Morgan fingerprint density at radius 2 is 1.95 bits per heavy atom. The Hall–Kier alpha value is -1.81. The van der Waals surface area contributed by atoms with Crippen molar-refractivity contribution < 1.29 is 9.53 Å². The van der Waals surface area contributed by atoms with Crippen LogP contribution in [-0.2, 0) is 0 Å². The highest BCUT2D eigenvalue weighted by Crippen LogP contribution is 2.24. The summed E-state index contributed by atoms with van der Waals surface area (Å²) in [7, 11) is 1.56. The third kappa shape index (κ3) is 3.85. The highest BCUT2D eigenvalue weighted by atomic mass is 79.9. The molecule has 0 aliphatic heterocycles. The third-order valence-corrected chi connectivity index (χ3v) is 3.81. The molecule has 1 unspecified atom stereocenters. The van der Waals surface area contributed by atoms with Gasteiger partial charge in [0, 0.05) is 4.47 Å². The van der Waals surface area contributed by atoms with Crippen LogP contribution >= 0.6 is 15.9 Å². The van der Waals surface area contributed by atoms with Gasteiger partial charge in [0.2, 0.25) is 0 Å². The van der Waals surface area contributed by atoms with E-state index in [4.69, 9.17) is 4.74 Å². The lowest BCUT2D eigenvalue weighted by molar-refractivity contribution is 0.0932. The molecule has 0 bridgehead atoms. The number of methoxy groups -OCH3 is 1. The Bertz CT molecular complexity index is 613. The molecule has 110 valence electrons. The molecule has 0 spiro atoms. The van der Waals surface area contributed by atoms with Crippen LogP contribution in [0.1, 0.15) is 35.3 Å². The monoisotopic (exact) mass is 347 g/mol. The van der Waals surface area contributed by atoms with Gasteiger partial charge in [0.25, 0.3) is 5.91 Å². The number of carbonyl (C=O) groups is 1. The van der Waals surface area contributed by atoms with Gasteiger partial charge in [0.1, 0.15) is 5.75 Å². The van der Waals surface area contributed by atoms with Gasteiger partial charge in [-0.1, -0.05) is 53.2 Å². The second-order valence-corrected chi connectivity index (χ2v) is 5.61. The van der Waals surface area contributed by atoms with Gasteiger partial charge in [0.15, 0.2) is 0 Å². The smallest absolute Gasteiger partial charge is 0.255 e. The second-order valence-electron chi connectivity index (χ2n) is 4.69. The maximum atomic E-state index is 12.5. The lowest BCUT2D eigenvalue weighted by Crippen LogP contribution is -2.28. The first-order valence-electron chi connectivity index (χ1n) is 6.85. The number of rotatable bonds is 5. The summed E-state index contributed by atoms with van der Waals surface area (Å²) >= 11 is 3.39. The molecular weight excluding hydrogens is 330 g/mol. The molecule has 0 aliphatic carbocycles. The standard InChI is InChI=1S/C17H18BrNO2/c1-3-15(12-7-5-4-6-8-12)19-17(20)14-11-13(18)9-10-16(14)21-2/h4-11,15H,3H2,1-2H3,(H,19,20). The van der Waals surface area contributed by atoms with E-state index in [0.29, 0.717) is 11.3 Å². The summed E-state index contributed by atoms with van der Waals surface area (Å²) in [5.74, 6) is 0.433. The van der Waals surface area contributed by atoms with Crippen LogP contribution in [0.3, 0.4) is 0 Å². The fraction of sp³-hybridized carbons (Fsp3) is 0.235. The summed E-state index contributed by atoms with van der Waals surface area (Å²) < 4.78 is 6.11. The largest absolute Gasteiger partial charge is 0.496 e. The molecule has 0 aliphatic rings. The van der Waals surface area contributed by atoms with E-state index in [-0.39, 0.29) is 11.9 Å². The zero-order valence-electron chi connectivity index (χ0n) is 12.1. The van der Waals surface area contributed by atoms with E-state index in [1.54, 1.807) is 19.2 Å². The van der Waals surface area contributed by atoms with E-state index >= 15 is 0 Å². The molecular formula is C17H18BrNO2. The van der Waals surface area contributed by atoms with E-state index in [0.717, 1.165) is 16.5 Å². The van der Waals surface area contributed by atoms with Gasteiger partial charge in [0.05, 0.1) is 18.7 Å². The summed E-state index contributed by atoms with van der Waals surface area (Å²) in [6.45, 7) is 2.05. The molecule has 0 heterocycles. The highest BCUT2D eigenvalue weighted by Gasteiger charge is 2.17. The Balaban J connectivity index is 2.22. The van der Waals surface area contributed by atoms with Crippen molar-refractivity contribution in [3.63, 3.8) is 0 Å². The molecule has 2 rings (SSSR count). The number of hydrogen-bond acceptors (Lipinski definition) is 2. The van der Waals surface area contributed by atoms with E-state index in [9.17, 15) is 4.79 Å². The predicted octanol–water partition coefficient (Wildman–Crippen LogP) is 4.34. The van der Waals surface area contributed by atoms with Crippen LogP contribution in [0.25, 0.3) is 0 Å². The van der Waals surface area contributed by atoms with E-state index in [2.05, 4.69) is 28.2 Å². The van der Waals surface area contributed by atoms with Crippen molar-refractivity contribution in [3.05, 3.63) is 64.1 Å². The number of hydrogen-bond donors (Lipinski definition) is 1. The van der Waals surface area contributed by atoms with Crippen molar-refractivity contribution >= 4 is 21.8 Å². The van der Waals surface area contributed by atoms with Gasteiger partial charge >= 0.3 is 0 Å². The predicted molar refractivity (Wildman–Crippen MR) is 87.6 cm³/mol. The van der Waals surface area contributed by atoms with Crippen LogP contribution in [0.5, 0.6) is 5.75 Å². The molecule has 1 N–H and O–H groups in total. The van der Waals surface area contributed by atoms with E-state index in [1.807, 2.05) is 36.4 Å². The summed E-state index contributed by atoms with van der Waals surface area (Å²) in [5.41, 5.74) is 1.63. The average Bonchev–Trinajstić information content (AvgIpc) is 2.53. The normalized spacial score (nSPS) is 11.8. The van der Waals surface area contributed by atoms with Gasteiger partial charge in [-0.05, 0) is 30.2 Å². The minimum atomic E-state index is -0.135. The molecule has 0 aromatic heterocycles. The molecule has 0 radical (unpaired) electrons. The van der Waals surface area contributed by atoms with Crippen molar-refractivity contribution in [3.8, 4) is 5.75 Å². The minimum Gasteiger partial charge on any atom is -0.496 e. The number of amides is 1. The Labute approximate surface area is 133 Å². The molecule has 4 heteroatoms. The first-order chi connectivity index (χ1) is 10.2. The maximum Gasteiger partial charge on any atom is 0.255 e. The first-order valence-corrected chi connectivity index (χ1v) is 7.64.